The number of fused-ring (bicyclic) bond motifs is 12. The van der Waals surface area contributed by atoms with E-state index < -0.39 is 0 Å². The Labute approximate surface area is 359 Å². The summed E-state index contributed by atoms with van der Waals surface area (Å²) in [6.45, 7) is 2.64. The molecule has 0 aliphatic heterocycles. The van der Waals surface area contributed by atoms with Crippen LogP contribution in [0.5, 0.6) is 0 Å². The van der Waals surface area contributed by atoms with Crippen LogP contribution >= 0.6 is 0 Å². The number of para-hydroxylation sites is 2. The second-order valence-corrected chi connectivity index (χ2v) is 19.9. The van der Waals surface area contributed by atoms with Crippen LogP contribution in [0.1, 0.15) is 87.0 Å². The van der Waals surface area contributed by atoms with Gasteiger partial charge in [0.05, 0.1) is 5.69 Å². The van der Waals surface area contributed by atoms with E-state index in [1.54, 1.807) is 16.7 Å². The summed E-state index contributed by atoms with van der Waals surface area (Å²) >= 11 is 0. The Morgan fingerprint density at radius 1 is 0.557 bits per heavy atom. The molecule has 4 bridgehead atoms. The maximum absolute atomic E-state index is 6.57. The van der Waals surface area contributed by atoms with Crippen molar-refractivity contribution >= 4 is 39.0 Å². The third-order valence-electron chi connectivity index (χ3n) is 17.5. The first-order valence-electron chi connectivity index (χ1n) is 23.4. The van der Waals surface area contributed by atoms with Crippen LogP contribution in [0.15, 0.2) is 156 Å². The van der Waals surface area contributed by atoms with Crippen molar-refractivity contribution in [3.63, 3.8) is 0 Å². The second kappa shape index (κ2) is 12.6. The van der Waals surface area contributed by atoms with Crippen molar-refractivity contribution in [2.45, 2.75) is 75.5 Å². The lowest BCUT2D eigenvalue weighted by Crippen LogP contribution is -2.51. The summed E-state index contributed by atoms with van der Waals surface area (Å²) in [5.74, 6) is 3.72. The first-order chi connectivity index (χ1) is 30.1. The van der Waals surface area contributed by atoms with Gasteiger partial charge in [0, 0.05) is 38.5 Å². The highest BCUT2D eigenvalue weighted by molar-refractivity contribution is 6.09. The van der Waals surface area contributed by atoms with Crippen molar-refractivity contribution in [3.05, 3.63) is 174 Å². The SMILES string of the molecule is C[C@H]1C2CCC3CC(C2)CC1C31c2ccccc2-c2cccc(N(c3ccc(-c4cccc5c4oc4ccccc45)cc3)c3ccc4c(c3)C3(CCCC3)c3ccccc3-4)c21. The molecule has 61 heavy (non-hydrogen) atoms. The minimum absolute atomic E-state index is 0.00235. The van der Waals surface area contributed by atoms with Gasteiger partial charge in [-0.2, -0.15) is 0 Å². The van der Waals surface area contributed by atoms with Gasteiger partial charge in [0.2, 0.25) is 0 Å². The molecular formula is C59H51NO. The van der Waals surface area contributed by atoms with E-state index in [0.29, 0.717) is 17.8 Å². The summed E-state index contributed by atoms with van der Waals surface area (Å²) in [5.41, 5.74) is 20.3. The Morgan fingerprint density at radius 2 is 1.25 bits per heavy atom. The zero-order chi connectivity index (χ0) is 40.0. The Morgan fingerprint density at radius 3 is 2.11 bits per heavy atom. The number of benzene rings is 7. The predicted molar refractivity (Wildman–Crippen MR) is 251 cm³/mol. The van der Waals surface area contributed by atoms with E-state index in [9.17, 15) is 0 Å². The lowest BCUT2D eigenvalue weighted by Gasteiger charge is -2.56. The fourth-order valence-corrected chi connectivity index (χ4v) is 15.2. The Kier molecular flexibility index (Phi) is 7.19. The third kappa shape index (κ3) is 4.54. The van der Waals surface area contributed by atoms with Gasteiger partial charge in [-0.05, 0) is 161 Å². The van der Waals surface area contributed by atoms with Crippen molar-refractivity contribution in [2.75, 3.05) is 4.90 Å². The van der Waals surface area contributed by atoms with Crippen LogP contribution in [0, 0.1) is 29.6 Å². The Bertz CT molecular complexity index is 3090. The molecule has 7 aliphatic carbocycles. The molecule has 298 valence electrons. The molecule has 6 atom stereocenters. The van der Waals surface area contributed by atoms with Crippen molar-refractivity contribution in [1.82, 2.24) is 0 Å². The monoisotopic (exact) mass is 789 g/mol. The molecule has 0 radical (unpaired) electrons. The summed E-state index contributed by atoms with van der Waals surface area (Å²) < 4.78 is 6.57. The van der Waals surface area contributed by atoms with Crippen LogP contribution < -0.4 is 4.90 Å². The molecule has 5 saturated carbocycles. The minimum Gasteiger partial charge on any atom is -0.455 e. The predicted octanol–water partition coefficient (Wildman–Crippen LogP) is 15.9. The highest BCUT2D eigenvalue weighted by Crippen LogP contribution is 2.71. The third-order valence-corrected chi connectivity index (χ3v) is 17.5. The van der Waals surface area contributed by atoms with Crippen LogP contribution in [0.2, 0.25) is 0 Å². The standard InChI is InChI=1S/C59H51NO/c1-36-39-22-25-40-33-37(32-39)34-52(36)59(40)51-19-6-3-13-45(51)48-16-11-20-54(56(48)59)60(42-28-29-46-44-12-2-5-18-50(44)58(53(46)35-42)30-8-9-31-58)41-26-23-38(24-27-41)43-15-10-17-49-47-14-4-7-21-55(47)61-57(43)49/h2-7,10-21,23-24,26-29,35-37,39-40,52H,8-9,22,25,30-34H2,1H3/t36-,37?,39?,40?,52?,59?/m0/s1. The van der Waals surface area contributed by atoms with Gasteiger partial charge in [-0.1, -0.05) is 135 Å². The fourth-order valence-electron chi connectivity index (χ4n) is 15.2. The zero-order valence-electron chi connectivity index (χ0n) is 35.0. The molecule has 2 spiro atoms. The largest absolute Gasteiger partial charge is 0.455 e. The Hall–Kier alpha value is -5.86. The molecule has 0 N–H and O–H groups in total. The van der Waals surface area contributed by atoms with Gasteiger partial charge < -0.3 is 9.32 Å². The lowest BCUT2D eigenvalue weighted by molar-refractivity contribution is 0.0176. The molecule has 2 nitrogen and oxygen atoms in total. The number of hydrogen-bond acceptors (Lipinski definition) is 2. The van der Waals surface area contributed by atoms with Gasteiger partial charge in [0.1, 0.15) is 11.2 Å². The summed E-state index contributed by atoms with van der Waals surface area (Å²) in [5, 5.41) is 2.34. The Balaban J connectivity index is 1.00. The lowest BCUT2D eigenvalue weighted by atomic mass is 9.48. The number of nitrogens with zero attached hydrogens (tertiary/aromatic N) is 1. The molecule has 5 fully saturated rings. The smallest absolute Gasteiger partial charge is 0.143 e. The quantitative estimate of drug-likeness (QED) is 0.177. The number of hydrogen-bond donors (Lipinski definition) is 0. The van der Waals surface area contributed by atoms with Crippen molar-refractivity contribution in [2.24, 2.45) is 29.6 Å². The molecule has 2 heteroatoms. The summed E-state index contributed by atoms with van der Waals surface area (Å²) in [4.78, 5) is 2.69. The molecule has 0 saturated heterocycles. The molecule has 1 heterocycles. The molecule has 7 aromatic carbocycles. The number of anilines is 3. The summed E-state index contributed by atoms with van der Waals surface area (Å²) in [6.07, 6.45) is 11.9. The van der Waals surface area contributed by atoms with Crippen molar-refractivity contribution in [1.29, 1.82) is 0 Å². The normalized spacial score (nSPS) is 25.9. The molecule has 5 unspecified atom stereocenters. The first kappa shape index (κ1) is 34.8. The molecule has 8 aromatic rings. The van der Waals surface area contributed by atoms with Crippen LogP contribution in [-0.2, 0) is 10.8 Å². The summed E-state index contributed by atoms with van der Waals surface area (Å²) in [6, 6.07) is 58.3. The van der Waals surface area contributed by atoms with E-state index in [4.69, 9.17) is 4.42 Å². The highest BCUT2D eigenvalue weighted by Gasteiger charge is 2.62. The maximum Gasteiger partial charge on any atom is 0.143 e. The van der Waals surface area contributed by atoms with Crippen molar-refractivity contribution < 1.29 is 4.42 Å². The number of rotatable bonds is 4. The average Bonchev–Trinajstić information content (AvgIpc) is 4.05. The van der Waals surface area contributed by atoms with Crippen LogP contribution in [0.3, 0.4) is 0 Å². The van der Waals surface area contributed by atoms with E-state index in [0.717, 1.165) is 28.6 Å². The van der Waals surface area contributed by atoms with Crippen molar-refractivity contribution in [3.8, 4) is 33.4 Å². The van der Waals surface area contributed by atoms with Crippen LogP contribution in [-0.4, -0.2) is 0 Å². The topological polar surface area (TPSA) is 16.4 Å². The summed E-state index contributed by atoms with van der Waals surface area (Å²) in [7, 11) is 0. The van der Waals surface area contributed by atoms with E-state index in [2.05, 4.69) is 163 Å². The van der Waals surface area contributed by atoms with Gasteiger partial charge >= 0.3 is 0 Å². The van der Waals surface area contributed by atoms with Gasteiger partial charge in [0.25, 0.3) is 0 Å². The maximum atomic E-state index is 6.57. The minimum atomic E-state index is 0.00235. The van der Waals surface area contributed by atoms with Gasteiger partial charge in [-0.25, -0.2) is 0 Å². The molecule has 0 amide bonds. The second-order valence-electron chi connectivity index (χ2n) is 19.9. The van der Waals surface area contributed by atoms with Crippen LogP contribution in [0.4, 0.5) is 17.1 Å². The van der Waals surface area contributed by atoms with Gasteiger partial charge in [-0.15, -0.1) is 0 Å². The number of furan rings is 1. The fraction of sp³-hybridized carbons (Fsp3) is 0.288. The van der Waals surface area contributed by atoms with E-state index in [-0.39, 0.29) is 10.8 Å². The van der Waals surface area contributed by atoms with Crippen LogP contribution in [0.25, 0.3) is 55.3 Å². The van der Waals surface area contributed by atoms with Gasteiger partial charge in [0.15, 0.2) is 0 Å². The molecule has 15 rings (SSSR count). The average molecular weight is 790 g/mol. The van der Waals surface area contributed by atoms with Gasteiger partial charge in [-0.3, -0.25) is 0 Å². The van der Waals surface area contributed by atoms with E-state index in [1.807, 2.05) is 0 Å². The first-order valence-corrected chi connectivity index (χ1v) is 23.4. The molecular weight excluding hydrogens is 739 g/mol. The zero-order valence-corrected chi connectivity index (χ0v) is 35.0. The molecule has 7 aliphatic rings. The van der Waals surface area contributed by atoms with E-state index >= 15 is 0 Å². The van der Waals surface area contributed by atoms with E-state index in [1.165, 1.54) is 119 Å². The molecule has 1 aromatic heterocycles. The highest BCUT2D eigenvalue weighted by atomic mass is 16.3.